The molecule has 88 valence electrons. The third kappa shape index (κ3) is 1.99. The molecule has 2 aliphatic carbocycles. The number of allylic oxidation sites excluding steroid dienone is 2. The fraction of sp³-hybridized carbons (Fsp3) is 0.615. The average Bonchev–Trinajstić information content (AvgIpc) is 2.66. The summed E-state index contributed by atoms with van der Waals surface area (Å²) in [6, 6.07) is 0. The minimum absolute atomic E-state index is 0.161. The summed E-state index contributed by atoms with van der Waals surface area (Å²) in [4.78, 5) is 11.7. The van der Waals surface area contributed by atoms with Crippen molar-refractivity contribution in [1.82, 2.24) is 0 Å². The van der Waals surface area contributed by atoms with Gasteiger partial charge in [-0.1, -0.05) is 12.5 Å². The highest BCUT2D eigenvalue weighted by atomic mass is 16.5. The van der Waals surface area contributed by atoms with Crippen molar-refractivity contribution in [2.45, 2.75) is 32.6 Å². The molecule has 1 fully saturated rings. The smallest absolute Gasteiger partial charge is 0.341 e. The molecule has 0 aromatic rings. The maximum absolute atomic E-state index is 11.7. The number of ether oxygens (including phenoxy) is 1. The van der Waals surface area contributed by atoms with E-state index < -0.39 is 5.97 Å². The van der Waals surface area contributed by atoms with Crippen LogP contribution in [0.25, 0.3) is 0 Å². The molecule has 0 bridgehead atoms. The zero-order valence-corrected chi connectivity index (χ0v) is 9.61. The van der Waals surface area contributed by atoms with Crippen molar-refractivity contribution in [1.29, 1.82) is 0 Å². The molecule has 2 atom stereocenters. The Morgan fingerprint density at radius 2 is 2.38 bits per heavy atom. The van der Waals surface area contributed by atoms with Crippen LogP contribution in [0.5, 0.6) is 0 Å². The van der Waals surface area contributed by atoms with Gasteiger partial charge in [-0.2, -0.15) is 0 Å². The van der Waals surface area contributed by atoms with Crippen molar-refractivity contribution in [2.75, 3.05) is 6.61 Å². The molecule has 3 heteroatoms. The summed E-state index contributed by atoms with van der Waals surface area (Å²) in [5.41, 5.74) is 0.358. The van der Waals surface area contributed by atoms with E-state index in [1.54, 1.807) is 13.0 Å². The number of hydrogen-bond donors (Lipinski definition) is 1. The molecular weight excluding hydrogens is 204 g/mol. The fourth-order valence-electron chi connectivity index (χ4n) is 2.71. The molecule has 16 heavy (non-hydrogen) atoms. The zero-order chi connectivity index (χ0) is 11.5. The standard InChI is InChI=1S/C13H18O3/c1-2-16-13(15)11-8-4-6-9-5-3-7-10(9)12(11)14/h4,8-10,14H,2-3,5-7H2,1H3/t9-,10-/m0/s1. The molecule has 0 radical (unpaired) electrons. The van der Waals surface area contributed by atoms with Gasteiger partial charge < -0.3 is 9.84 Å². The van der Waals surface area contributed by atoms with Gasteiger partial charge in [-0.15, -0.1) is 0 Å². The largest absolute Gasteiger partial charge is 0.511 e. The van der Waals surface area contributed by atoms with Crippen LogP contribution in [0.2, 0.25) is 0 Å². The lowest BCUT2D eigenvalue weighted by atomic mass is 9.91. The number of fused-ring (bicyclic) bond motifs is 1. The molecule has 0 aliphatic heterocycles. The third-order valence-electron chi connectivity index (χ3n) is 3.50. The molecule has 0 spiro atoms. The number of carbonyl (C=O) groups excluding carboxylic acids is 1. The van der Waals surface area contributed by atoms with Gasteiger partial charge in [-0.25, -0.2) is 4.79 Å². The number of esters is 1. The summed E-state index contributed by atoms with van der Waals surface area (Å²) in [6.07, 6.45) is 7.93. The highest BCUT2D eigenvalue weighted by Gasteiger charge is 2.33. The quantitative estimate of drug-likeness (QED) is 0.731. The Labute approximate surface area is 95.8 Å². The van der Waals surface area contributed by atoms with Crippen molar-refractivity contribution in [3.05, 3.63) is 23.5 Å². The molecule has 1 N–H and O–H groups in total. The predicted octanol–water partition coefficient (Wildman–Crippen LogP) is 2.74. The van der Waals surface area contributed by atoms with E-state index in [0.717, 1.165) is 25.7 Å². The van der Waals surface area contributed by atoms with E-state index in [1.165, 1.54) is 0 Å². The second-order valence-corrected chi connectivity index (χ2v) is 4.45. The van der Waals surface area contributed by atoms with Gasteiger partial charge in [0.05, 0.1) is 12.2 Å². The molecular formula is C13H18O3. The fourth-order valence-corrected chi connectivity index (χ4v) is 2.71. The molecule has 0 heterocycles. The van der Waals surface area contributed by atoms with Gasteiger partial charge in [0.1, 0.15) is 5.76 Å². The third-order valence-corrected chi connectivity index (χ3v) is 3.50. The first-order valence-electron chi connectivity index (χ1n) is 6.00. The SMILES string of the molecule is CCOC(=O)C1=C(O)[C@H]2CCC[C@H]2CC=C1. The van der Waals surface area contributed by atoms with Crippen LogP contribution in [0, 0.1) is 11.8 Å². The number of rotatable bonds is 2. The molecule has 0 amide bonds. The Morgan fingerprint density at radius 1 is 1.56 bits per heavy atom. The summed E-state index contributed by atoms with van der Waals surface area (Å²) in [5.74, 6) is 0.510. The molecule has 0 aromatic heterocycles. The Morgan fingerprint density at radius 3 is 3.12 bits per heavy atom. The number of carbonyl (C=O) groups is 1. The Hall–Kier alpha value is -1.25. The van der Waals surface area contributed by atoms with E-state index in [2.05, 4.69) is 0 Å². The van der Waals surface area contributed by atoms with Gasteiger partial charge in [-0.3, -0.25) is 0 Å². The first-order chi connectivity index (χ1) is 7.74. The first kappa shape index (κ1) is 11.2. The molecule has 3 nitrogen and oxygen atoms in total. The molecule has 0 aromatic carbocycles. The Balaban J connectivity index is 2.26. The summed E-state index contributed by atoms with van der Waals surface area (Å²) in [6.45, 7) is 2.12. The lowest BCUT2D eigenvalue weighted by Gasteiger charge is -2.16. The predicted molar refractivity (Wildman–Crippen MR) is 60.9 cm³/mol. The second-order valence-electron chi connectivity index (χ2n) is 4.45. The van der Waals surface area contributed by atoms with Gasteiger partial charge in [0.25, 0.3) is 0 Å². The number of aliphatic hydroxyl groups excluding tert-OH is 1. The van der Waals surface area contributed by atoms with Gasteiger partial charge in [0, 0.05) is 5.92 Å². The van der Waals surface area contributed by atoms with E-state index in [-0.39, 0.29) is 11.7 Å². The van der Waals surface area contributed by atoms with Crippen LogP contribution in [0.15, 0.2) is 23.5 Å². The van der Waals surface area contributed by atoms with Gasteiger partial charge >= 0.3 is 5.97 Å². The average molecular weight is 222 g/mol. The molecule has 1 saturated carbocycles. The van der Waals surface area contributed by atoms with Crippen LogP contribution < -0.4 is 0 Å². The second kappa shape index (κ2) is 4.73. The van der Waals surface area contributed by atoms with E-state index in [1.807, 2.05) is 6.08 Å². The van der Waals surface area contributed by atoms with E-state index in [4.69, 9.17) is 4.74 Å². The maximum Gasteiger partial charge on any atom is 0.341 e. The van der Waals surface area contributed by atoms with Crippen molar-refractivity contribution in [3.63, 3.8) is 0 Å². The van der Waals surface area contributed by atoms with Crippen molar-refractivity contribution in [2.24, 2.45) is 11.8 Å². The minimum Gasteiger partial charge on any atom is -0.511 e. The van der Waals surface area contributed by atoms with Gasteiger partial charge in [0.2, 0.25) is 0 Å². The first-order valence-corrected chi connectivity index (χ1v) is 6.00. The van der Waals surface area contributed by atoms with Crippen LogP contribution in [-0.4, -0.2) is 17.7 Å². The highest BCUT2D eigenvalue weighted by Crippen LogP contribution is 2.41. The summed E-state index contributed by atoms with van der Waals surface area (Å²) in [5, 5.41) is 10.1. The Kier molecular flexibility index (Phi) is 3.32. The topological polar surface area (TPSA) is 46.5 Å². The van der Waals surface area contributed by atoms with Crippen LogP contribution in [0.3, 0.4) is 0 Å². The van der Waals surface area contributed by atoms with Crippen molar-refractivity contribution >= 4 is 5.97 Å². The molecule has 0 saturated heterocycles. The zero-order valence-electron chi connectivity index (χ0n) is 9.61. The lowest BCUT2D eigenvalue weighted by molar-refractivity contribution is -0.138. The van der Waals surface area contributed by atoms with Gasteiger partial charge in [0.15, 0.2) is 0 Å². The maximum atomic E-state index is 11.7. The number of hydrogen-bond acceptors (Lipinski definition) is 3. The van der Waals surface area contributed by atoms with Crippen molar-refractivity contribution in [3.8, 4) is 0 Å². The minimum atomic E-state index is -0.399. The van der Waals surface area contributed by atoms with Crippen LogP contribution in [0.4, 0.5) is 0 Å². The highest BCUT2D eigenvalue weighted by molar-refractivity contribution is 5.92. The van der Waals surface area contributed by atoms with Crippen LogP contribution in [-0.2, 0) is 9.53 Å². The molecule has 2 aliphatic rings. The lowest BCUT2D eigenvalue weighted by Crippen LogP contribution is -2.14. The normalized spacial score (nSPS) is 28.8. The molecule has 2 rings (SSSR count). The monoisotopic (exact) mass is 222 g/mol. The Bertz CT molecular complexity index is 341. The van der Waals surface area contributed by atoms with E-state index >= 15 is 0 Å². The summed E-state index contributed by atoms with van der Waals surface area (Å²) >= 11 is 0. The van der Waals surface area contributed by atoms with Crippen LogP contribution >= 0.6 is 0 Å². The van der Waals surface area contributed by atoms with Gasteiger partial charge in [-0.05, 0) is 38.2 Å². The summed E-state index contributed by atoms with van der Waals surface area (Å²) in [7, 11) is 0. The number of aliphatic hydroxyl groups is 1. The van der Waals surface area contributed by atoms with E-state index in [0.29, 0.717) is 18.1 Å². The van der Waals surface area contributed by atoms with Crippen molar-refractivity contribution < 1.29 is 14.6 Å². The summed E-state index contributed by atoms with van der Waals surface area (Å²) < 4.78 is 4.95. The van der Waals surface area contributed by atoms with Crippen LogP contribution in [0.1, 0.15) is 32.6 Å². The van der Waals surface area contributed by atoms with E-state index in [9.17, 15) is 9.90 Å². The molecule has 0 unspecified atom stereocenters.